The first kappa shape index (κ1) is 13.0. The van der Waals surface area contributed by atoms with E-state index in [9.17, 15) is 0 Å². The molecule has 84 valence electrons. The molecule has 0 aromatic heterocycles. The van der Waals surface area contributed by atoms with Gasteiger partial charge in [-0.1, -0.05) is 47.7 Å². The summed E-state index contributed by atoms with van der Waals surface area (Å²) in [6.07, 6.45) is 1.23. The van der Waals surface area contributed by atoms with Crippen LogP contribution in [0, 0.1) is 0 Å². The summed E-state index contributed by atoms with van der Waals surface area (Å²) in [4.78, 5) is 0. The van der Waals surface area contributed by atoms with Gasteiger partial charge in [-0.3, -0.25) is 4.48 Å². The molecule has 1 unspecified atom stereocenters. The van der Waals surface area contributed by atoms with Crippen LogP contribution in [-0.2, 0) is 6.42 Å². The van der Waals surface area contributed by atoms with Crippen molar-refractivity contribution in [3.63, 3.8) is 0 Å². The van der Waals surface area contributed by atoms with E-state index in [1.165, 1.54) is 22.1 Å². The summed E-state index contributed by atoms with van der Waals surface area (Å²) >= 11 is 2.29. The molecule has 1 aliphatic heterocycles. The number of nitrogens with zero attached hydrogens (tertiary/aromatic N) is 1. The minimum atomic E-state index is 0.724. The predicted octanol–water partition coefficient (Wildman–Crippen LogP) is 3.64. The Kier molecular flexibility index (Phi) is 4.59. The SMILES string of the molecule is CC1Cc2ccccc2[N+]1(C)C.CCI. The molecule has 1 aliphatic rings. The van der Waals surface area contributed by atoms with Crippen LogP contribution in [0.4, 0.5) is 5.69 Å². The molecule has 0 bridgehead atoms. The van der Waals surface area contributed by atoms with Crippen molar-refractivity contribution in [3.8, 4) is 0 Å². The second kappa shape index (κ2) is 5.30. The van der Waals surface area contributed by atoms with Crippen molar-refractivity contribution >= 4 is 28.3 Å². The number of likely N-dealkylation sites (N-methyl/N-ethyl adjacent to an activating group) is 1. The van der Waals surface area contributed by atoms with Crippen molar-refractivity contribution in [1.29, 1.82) is 0 Å². The molecule has 1 atom stereocenters. The van der Waals surface area contributed by atoms with Gasteiger partial charge in [0.25, 0.3) is 0 Å². The molecule has 0 saturated carbocycles. The van der Waals surface area contributed by atoms with Gasteiger partial charge in [0.2, 0.25) is 0 Å². The number of hydrogen-bond donors (Lipinski definition) is 0. The summed E-state index contributed by atoms with van der Waals surface area (Å²) in [5, 5.41) is 0. The Morgan fingerprint density at radius 1 is 1.33 bits per heavy atom. The first-order chi connectivity index (χ1) is 7.04. The van der Waals surface area contributed by atoms with E-state index in [4.69, 9.17) is 0 Å². The molecular formula is C13H21IN+. The molecule has 1 aromatic carbocycles. The fraction of sp³-hybridized carbons (Fsp3) is 0.538. The third-order valence-electron chi connectivity index (χ3n) is 3.23. The minimum Gasteiger partial charge on any atom is -0.293 e. The van der Waals surface area contributed by atoms with Gasteiger partial charge >= 0.3 is 0 Å². The van der Waals surface area contributed by atoms with Crippen LogP contribution in [0.1, 0.15) is 19.4 Å². The molecule has 0 radical (unpaired) electrons. The Balaban J connectivity index is 0.000000337. The van der Waals surface area contributed by atoms with Gasteiger partial charge in [0.05, 0.1) is 20.1 Å². The van der Waals surface area contributed by atoms with Crippen LogP contribution in [0.5, 0.6) is 0 Å². The highest BCUT2D eigenvalue weighted by atomic mass is 127. The molecule has 0 aliphatic carbocycles. The van der Waals surface area contributed by atoms with Gasteiger partial charge < -0.3 is 0 Å². The number of benzene rings is 1. The molecule has 0 saturated heterocycles. The Morgan fingerprint density at radius 2 is 1.87 bits per heavy atom. The van der Waals surface area contributed by atoms with E-state index >= 15 is 0 Å². The predicted molar refractivity (Wildman–Crippen MR) is 77.8 cm³/mol. The van der Waals surface area contributed by atoms with Crippen LogP contribution in [-0.4, -0.2) is 24.6 Å². The number of alkyl halides is 1. The van der Waals surface area contributed by atoms with Crippen molar-refractivity contribution in [1.82, 2.24) is 4.48 Å². The molecule has 1 heterocycles. The largest absolute Gasteiger partial charge is 0.293 e. The van der Waals surface area contributed by atoms with Gasteiger partial charge in [-0.25, -0.2) is 0 Å². The second-order valence-corrected chi connectivity index (χ2v) is 6.01. The van der Waals surface area contributed by atoms with E-state index in [-0.39, 0.29) is 0 Å². The van der Waals surface area contributed by atoms with E-state index < -0.39 is 0 Å². The maximum atomic E-state index is 2.32. The van der Waals surface area contributed by atoms with Gasteiger partial charge in [-0.2, -0.15) is 0 Å². The smallest absolute Gasteiger partial charge is 0.136 e. The van der Waals surface area contributed by atoms with Gasteiger partial charge in [0, 0.05) is 12.0 Å². The van der Waals surface area contributed by atoms with Crippen LogP contribution >= 0.6 is 22.6 Å². The topological polar surface area (TPSA) is 0 Å². The van der Waals surface area contributed by atoms with Crippen molar-refractivity contribution < 1.29 is 0 Å². The van der Waals surface area contributed by atoms with E-state index in [0.717, 1.165) is 10.5 Å². The Labute approximate surface area is 107 Å². The lowest BCUT2D eigenvalue weighted by atomic mass is 10.1. The van der Waals surface area contributed by atoms with Gasteiger partial charge in [0.1, 0.15) is 5.69 Å². The number of rotatable bonds is 0. The lowest BCUT2D eigenvalue weighted by Gasteiger charge is -2.29. The minimum absolute atomic E-state index is 0.724. The highest BCUT2D eigenvalue weighted by Gasteiger charge is 2.36. The summed E-state index contributed by atoms with van der Waals surface area (Å²) in [5.74, 6) is 0. The molecule has 0 amide bonds. The number of para-hydroxylation sites is 1. The van der Waals surface area contributed by atoms with Crippen LogP contribution in [0.3, 0.4) is 0 Å². The van der Waals surface area contributed by atoms with Gasteiger partial charge in [0.15, 0.2) is 0 Å². The van der Waals surface area contributed by atoms with Crippen LogP contribution in [0.25, 0.3) is 0 Å². The molecule has 2 rings (SSSR count). The zero-order chi connectivity index (χ0) is 11.5. The summed E-state index contributed by atoms with van der Waals surface area (Å²) in [7, 11) is 4.58. The fourth-order valence-corrected chi connectivity index (χ4v) is 2.03. The molecule has 15 heavy (non-hydrogen) atoms. The van der Waals surface area contributed by atoms with Crippen LogP contribution in [0.15, 0.2) is 24.3 Å². The van der Waals surface area contributed by atoms with Crippen LogP contribution in [0.2, 0.25) is 0 Å². The number of fused-ring (bicyclic) bond motifs is 1. The van der Waals surface area contributed by atoms with Crippen LogP contribution < -0.4 is 4.48 Å². The molecule has 1 aromatic rings. The number of halogens is 1. The average molecular weight is 318 g/mol. The monoisotopic (exact) mass is 318 g/mol. The number of quaternary nitrogens is 1. The van der Waals surface area contributed by atoms with Crippen molar-refractivity contribution in [2.75, 3.05) is 18.5 Å². The Bertz CT molecular complexity index is 320. The Hall–Kier alpha value is -0.0900. The normalized spacial score (nSPS) is 21.5. The highest BCUT2D eigenvalue weighted by Crippen LogP contribution is 2.35. The zero-order valence-electron chi connectivity index (χ0n) is 10.1. The number of hydrogen-bond acceptors (Lipinski definition) is 0. The standard InChI is InChI=1S/C11H16N.C2H5I/c1-9-8-10-6-4-5-7-11(10)12(9,2)3;1-2-3/h4-7,9H,8H2,1-3H3;2H2,1H3/q+1;. The van der Waals surface area contributed by atoms with Crippen molar-refractivity contribution in [2.45, 2.75) is 26.3 Å². The second-order valence-electron chi connectivity index (χ2n) is 4.49. The summed E-state index contributed by atoms with van der Waals surface area (Å²) < 4.78 is 2.26. The first-order valence-corrected chi connectivity index (χ1v) is 7.04. The molecule has 1 nitrogen and oxygen atoms in total. The summed E-state index contributed by atoms with van der Waals surface area (Å²) in [5.41, 5.74) is 3.01. The van der Waals surface area contributed by atoms with E-state index in [1.807, 2.05) is 0 Å². The summed E-state index contributed by atoms with van der Waals surface area (Å²) in [6, 6.07) is 9.49. The fourth-order valence-electron chi connectivity index (χ4n) is 2.03. The maximum Gasteiger partial charge on any atom is 0.136 e. The molecule has 0 N–H and O–H groups in total. The molecule has 0 fully saturated rings. The lowest BCUT2D eigenvalue weighted by Crippen LogP contribution is -2.45. The van der Waals surface area contributed by atoms with E-state index in [0.29, 0.717) is 0 Å². The third kappa shape index (κ3) is 2.72. The van der Waals surface area contributed by atoms with Gasteiger partial charge in [-0.15, -0.1) is 0 Å². The van der Waals surface area contributed by atoms with E-state index in [1.54, 1.807) is 0 Å². The first-order valence-electron chi connectivity index (χ1n) is 5.52. The van der Waals surface area contributed by atoms with E-state index in [2.05, 4.69) is 74.8 Å². The summed E-state index contributed by atoms with van der Waals surface area (Å²) in [6.45, 7) is 4.43. The van der Waals surface area contributed by atoms with Gasteiger partial charge in [-0.05, 0) is 17.4 Å². The maximum absolute atomic E-state index is 2.32. The van der Waals surface area contributed by atoms with Crippen molar-refractivity contribution in [2.24, 2.45) is 0 Å². The highest BCUT2D eigenvalue weighted by molar-refractivity contribution is 14.1. The molecule has 0 spiro atoms. The molecule has 2 heteroatoms. The quantitative estimate of drug-likeness (QED) is 0.389. The van der Waals surface area contributed by atoms with Crippen molar-refractivity contribution in [3.05, 3.63) is 29.8 Å². The lowest BCUT2D eigenvalue weighted by molar-refractivity contribution is 0.337. The zero-order valence-corrected chi connectivity index (χ0v) is 12.3. The third-order valence-corrected chi connectivity index (χ3v) is 3.23. The Morgan fingerprint density at radius 3 is 2.40 bits per heavy atom. The average Bonchev–Trinajstić information content (AvgIpc) is 2.40. The molecular weight excluding hydrogens is 297 g/mol.